The smallest absolute Gasteiger partial charge is 0.394 e. The Morgan fingerprint density at radius 1 is 1.42 bits per heavy atom. The molecule has 0 unspecified atom stereocenters. The molecule has 0 bridgehead atoms. The zero-order chi connectivity index (χ0) is 19.3. The van der Waals surface area contributed by atoms with Crippen molar-refractivity contribution in [1.82, 2.24) is 15.2 Å². The van der Waals surface area contributed by atoms with E-state index in [0.717, 1.165) is 11.3 Å². The average Bonchev–Trinajstić information content (AvgIpc) is 3.04. The van der Waals surface area contributed by atoms with E-state index in [-0.39, 0.29) is 6.54 Å². The van der Waals surface area contributed by atoms with Gasteiger partial charge in [-0.15, -0.1) is 0 Å². The molecule has 0 saturated carbocycles. The molecule has 1 saturated heterocycles. The molecule has 2 atom stereocenters. The topological polar surface area (TPSA) is 91.8 Å². The third-order valence-corrected chi connectivity index (χ3v) is 4.07. The number of carbonyl (C=O) groups is 2. The number of nitrogens with one attached hydrogen (secondary N) is 1. The second-order valence-corrected chi connectivity index (χ2v) is 5.97. The van der Waals surface area contributed by atoms with Gasteiger partial charge in [-0.2, -0.15) is 13.2 Å². The van der Waals surface area contributed by atoms with Crippen LogP contribution in [0.5, 0.6) is 5.88 Å². The molecule has 0 aliphatic carbocycles. The van der Waals surface area contributed by atoms with Crippen molar-refractivity contribution in [2.75, 3.05) is 19.7 Å². The van der Waals surface area contributed by atoms with Gasteiger partial charge in [0.05, 0.1) is 18.4 Å². The van der Waals surface area contributed by atoms with Crippen LogP contribution in [0.2, 0.25) is 0 Å². The highest BCUT2D eigenvalue weighted by atomic mass is 19.4. The van der Waals surface area contributed by atoms with Gasteiger partial charge in [-0.05, 0) is 12.5 Å². The minimum absolute atomic E-state index is 0.0106. The molecule has 1 aliphatic rings. The molecule has 1 aliphatic heterocycles. The Labute approximate surface area is 148 Å². The fraction of sp³-hybridized carbons (Fsp3) is 0.562. The maximum Gasteiger partial charge on any atom is 0.394 e. The van der Waals surface area contributed by atoms with E-state index in [1.54, 1.807) is 12.1 Å². The third kappa shape index (κ3) is 4.77. The number of aliphatic carboxylic acids is 1. The van der Waals surface area contributed by atoms with Crippen LogP contribution < -0.4 is 10.1 Å². The van der Waals surface area contributed by atoms with Crippen LogP contribution in [-0.4, -0.2) is 52.9 Å². The van der Waals surface area contributed by atoms with Crippen LogP contribution in [0.25, 0.3) is 0 Å². The number of alkyl halides is 3. The first-order valence-corrected chi connectivity index (χ1v) is 8.13. The molecule has 0 radical (unpaired) electrons. The summed E-state index contributed by atoms with van der Waals surface area (Å²) in [6, 6.07) is 2.57. The number of carboxylic acids is 1. The monoisotopic (exact) mass is 375 g/mol. The van der Waals surface area contributed by atoms with Crippen LogP contribution in [-0.2, 0) is 11.3 Å². The van der Waals surface area contributed by atoms with Gasteiger partial charge in [0.25, 0.3) is 0 Å². The number of halogens is 3. The number of rotatable bonds is 6. The fourth-order valence-electron chi connectivity index (χ4n) is 2.72. The lowest BCUT2D eigenvalue weighted by Crippen LogP contribution is -2.39. The number of amides is 2. The summed E-state index contributed by atoms with van der Waals surface area (Å²) in [6.07, 6.45) is -2.38. The van der Waals surface area contributed by atoms with E-state index in [1.807, 2.05) is 6.92 Å². The lowest BCUT2D eigenvalue weighted by molar-refractivity contribution is -0.187. The van der Waals surface area contributed by atoms with Gasteiger partial charge in [-0.1, -0.05) is 13.0 Å². The predicted molar refractivity (Wildman–Crippen MR) is 84.5 cm³/mol. The molecule has 1 aromatic rings. The van der Waals surface area contributed by atoms with Crippen molar-refractivity contribution in [2.24, 2.45) is 11.8 Å². The van der Waals surface area contributed by atoms with E-state index in [0.29, 0.717) is 18.1 Å². The quantitative estimate of drug-likeness (QED) is 0.796. The average molecular weight is 375 g/mol. The van der Waals surface area contributed by atoms with E-state index in [1.165, 1.54) is 6.20 Å². The highest BCUT2D eigenvalue weighted by Crippen LogP contribution is 2.37. The van der Waals surface area contributed by atoms with E-state index in [4.69, 9.17) is 9.84 Å². The van der Waals surface area contributed by atoms with Gasteiger partial charge in [-0.25, -0.2) is 9.78 Å². The van der Waals surface area contributed by atoms with Gasteiger partial charge in [0.1, 0.15) is 0 Å². The first-order valence-electron chi connectivity index (χ1n) is 8.13. The van der Waals surface area contributed by atoms with Crippen LogP contribution in [0.1, 0.15) is 18.9 Å². The zero-order valence-corrected chi connectivity index (χ0v) is 14.1. The number of likely N-dealkylation sites (tertiary alicyclic amines) is 1. The molecule has 10 heteroatoms. The van der Waals surface area contributed by atoms with E-state index in [9.17, 15) is 22.8 Å². The van der Waals surface area contributed by atoms with Crippen LogP contribution >= 0.6 is 0 Å². The number of nitrogens with zero attached hydrogens (tertiary/aromatic N) is 2. The molecule has 26 heavy (non-hydrogen) atoms. The molecule has 2 rings (SSSR count). The van der Waals surface area contributed by atoms with Crippen molar-refractivity contribution < 1.29 is 32.6 Å². The SMILES string of the molecule is CCCOc1ncccc1CNC(=O)N1C[C@@H](C(F)(F)F)[C@H](C(=O)O)C1. The minimum atomic E-state index is -4.68. The van der Waals surface area contributed by atoms with Gasteiger partial charge >= 0.3 is 18.2 Å². The molecule has 0 spiro atoms. The maximum atomic E-state index is 13.0. The van der Waals surface area contributed by atoms with Crippen LogP contribution in [0.3, 0.4) is 0 Å². The number of carboxylic acid groups (broad SMARTS) is 1. The Morgan fingerprint density at radius 2 is 2.15 bits per heavy atom. The zero-order valence-electron chi connectivity index (χ0n) is 14.1. The number of ether oxygens (including phenoxy) is 1. The van der Waals surface area contributed by atoms with Crippen molar-refractivity contribution in [3.63, 3.8) is 0 Å². The highest BCUT2D eigenvalue weighted by Gasteiger charge is 2.53. The molecule has 7 nitrogen and oxygen atoms in total. The minimum Gasteiger partial charge on any atom is -0.481 e. The molecular weight excluding hydrogens is 355 g/mol. The van der Waals surface area contributed by atoms with Crippen LogP contribution in [0, 0.1) is 11.8 Å². The largest absolute Gasteiger partial charge is 0.481 e. The van der Waals surface area contributed by atoms with Gasteiger partial charge < -0.3 is 20.1 Å². The number of aromatic nitrogens is 1. The molecule has 2 N–H and O–H groups in total. The summed E-state index contributed by atoms with van der Waals surface area (Å²) >= 11 is 0. The van der Waals surface area contributed by atoms with Crippen LogP contribution in [0.4, 0.5) is 18.0 Å². The molecule has 2 heterocycles. The van der Waals surface area contributed by atoms with Crippen molar-refractivity contribution >= 4 is 12.0 Å². The molecule has 144 valence electrons. The Balaban J connectivity index is 2.00. The van der Waals surface area contributed by atoms with Crippen LogP contribution in [0.15, 0.2) is 18.3 Å². The van der Waals surface area contributed by atoms with Gasteiger partial charge in [-0.3, -0.25) is 4.79 Å². The molecule has 1 aromatic heterocycles. The molecule has 2 amide bonds. The molecule has 1 fully saturated rings. The second kappa shape index (κ2) is 8.24. The normalized spacial score (nSPS) is 20.1. The van der Waals surface area contributed by atoms with Gasteiger partial charge in [0, 0.05) is 31.4 Å². The fourth-order valence-corrected chi connectivity index (χ4v) is 2.72. The Bertz CT molecular complexity index is 654. The Kier molecular flexibility index (Phi) is 6.27. The van der Waals surface area contributed by atoms with Crippen molar-refractivity contribution in [1.29, 1.82) is 0 Å². The van der Waals surface area contributed by atoms with E-state index >= 15 is 0 Å². The molecule has 0 aromatic carbocycles. The summed E-state index contributed by atoms with van der Waals surface area (Å²) in [5.74, 6) is -4.96. The number of urea groups is 1. The number of pyridine rings is 1. The third-order valence-electron chi connectivity index (χ3n) is 4.07. The number of carbonyl (C=O) groups excluding carboxylic acids is 1. The highest BCUT2D eigenvalue weighted by molar-refractivity contribution is 5.77. The Morgan fingerprint density at radius 3 is 2.73 bits per heavy atom. The van der Waals surface area contributed by atoms with Crippen molar-refractivity contribution in [2.45, 2.75) is 26.1 Å². The summed E-state index contributed by atoms with van der Waals surface area (Å²) in [7, 11) is 0. The summed E-state index contributed by atoms with van der Waals surface area (Å²) < 4.78 is 44.4. The summed E-state index contributed by atoms with van der Waals surface area (Å²) in [4.78, 5) is 28.2. The first kappa shape index (κ1) is 19.8. The van der Waals surface area contributed by atoms with E-state index in [2.05, 4.69) is 10.3 Å². The lowest BCUT2D eigenvalue weighted by atomic mass is 9.96. The number of hydrogen-bond acceptors (Lipinski definition) is 4. The maximum absolute atomic E-state index is 13.0. The second-order valence-electron chi connectivity index (χ2n) is 5.97. The van der Waals surface area contributed by atoms with E-state index < -0.39 is 43.1 Å². The van der Waals surface area contributed by atoms with Gasteiger partial charge in [0.15, 0.2) is 0 Å². The predicted octanol–water partition coefficient (Wildman–Crippen LogP) is 2.27. The lowest BCUT2D eigenvalue weighted by Gasteiger charge is -2.19. The summed E-state index contributed by atoms with van der Waals surface area (Å²) in [5, 5.41) is 11.5. The Hall–Kier alpha value is -2.52. The van der Waals surface area contributed by atoms with Crippen molar-refractivity contribution in [3.8, 4) is 5.88 Å². The molecular formula is C16H20F3N3O4. The van der Waals surface area contributed by atoms with Crippen molar-refractivity contribution in [3.05, 3.63) is 23.9 Å². The first-order chi connectivity index (χ1) is 12.2. The summed E-state index contributed by atoms with van der Waals surface area (Å²) in [5.41, 5.74) is 0.579. The summed E-state index contributed by atoms with van der Waals surface area (Å²) in [6.45, 7) is 1.21. The standard InChI is InChI=1S/C16H20F3N3O4/c1-2-6-26-13-10(4-3-5-20-13)7-21-15(25)22-8-11(14(23)24)12(9-22)16(17,18)19/h3-5,11-12H,2,6-9H2,1H3,(H,21,25)(H,23,24)/t11-,12-/m1/s1. The van der Waals surface area contributed by atoms with Gasteiger partial charge in [0.2, 0.25) is 5.88 Å². The number of hydrogen-bond donors (Lipinski definition) is 2.